The summed E-state index contributed by atoms with van der Waals surface area (Å²) in [4.78, 5) is 20.3. The molecule has 1 atom stereocenters. The van der Waals surface area contributed by atoms with E-state index in [2.05, 4.69) is 32.9 Å². The van der Waals surface area contributed by atoms with Crippen LogP contribution in [0.1, 0.15) is 29.3 Å². The first kappa shape index (κ1) is 13.4. The standard InChI is InChI=1S/C19H16N4O/c24-18-10-14(12-4-3-5-15-13(12)7-8-20-15)19-16(11-21-18)22-17-6-1-2-9-23(17)19/h1-9,14,20H,10-11H2,(H,21,24)/t14-/m1/s1. The third-order valence-corrected chi connectivity index (χ3v) is 4.82. The summed E-state index contributed by atoms with van der Waals surface area (Å²) >= 11 is 0. The molecule has 24 heavy (non-hydrogen) atoms. The van der Waals surface area contributed by atoms with Crippen LogP contribution in [0.3, 0.4) is 0 Å². The van der Waals surface area contributed by atoms with Gasteiger partial charge in [0.15, 0.2) is 0 Å². The molecule has 4 aromatic rings. The van der Waals surface area contributed by atoms with Crippen LogP contribution < -0.4 is 5.32 Å². The number of nitrogens with one attached hydrogen (secondary N) is 2. The van der Waals surface area contributed by atoms with Gasteiger partial charge in [-0.1, -0.05) is 18.2 Å². The van der Waals surface area contributed by atoms with Crippen molar-refractivity contribution in [2.45, 2.75) is 18.9 Å². The van der Waals surface area contributed by atoms with Crippen LogP contribution >= 0.6 is 0 Å². The van der Waals surface area contributed by atoms with E-state index in [-0.39, 0.29) is 11.8 Å². The zero-order valence-corrected chi connectivity index (χ0v) is 13.0. The third-order valence-electron chi connectivity index (χ3n) is 4.82. The van der Waals surface area contributed by atoms with Crippen molar-refractivity contribution in [3.05, 3.63) is 71.8 Å². The largest absolute Gasteiger partial charge is 0.361 e. The number of benzene rings is 1. The van der Waals surface area contributed by atoms with Gasteiger partial charge in [-0.3, -0.25) is 4.79 Å². The van der Waals surface area contributed by atoms with E-state index >= 15 is 0 Å². The Hall–Kier alpha value is -3.08. The first-order chi connectivity index (χ1) is 11.8. The second-order valence-electron chi connectivity index (χ2n) is 6.19. The zero-order valence-electron chi connectivity index (χ0n) is 13.0. The lowest BCUT2D eigenvalue weighted by Crippen LogP contribution is -2.21. The van der Waals surface area contributed by atoms with Gasteiger partial charge in [-0.25, -0.2) is 4.98 Å². The van der Waals surface area contributed by atoms with E-state index in [4.69, 9.17) is 4.98 Å². The van der Waals surface area contributed by atoms with Gasteiger partial charge in [0.1, 0.15) is 5.65 Å². The summed E-state index contributed by atoms with van der Waals surface area (Å²) in [6.07, 6.45) is 4.40. The molecule has 1 aliphatic heterocycles. The van der Waals surface area contributed by atoms with Gasteiger partial charge in [-0.15, -0.1) is 0 Å². The fourth-order valence-corrected chi connectivity index (χ4v) is 3.77. The van der Waals surface area contributed by atoms with E-state index in [1.807, 2.05) is 36.7 Å². The number of rotatable bonds is 1. The highest BCUT2D eigenvalue weighted by Gasteiger charge is 2.29. The number of carbonyl (C=O) groups excluding carboxylic acids is 1. The molecule has 1 aromatic carbocycles. The average molecular weight is 316 g/mol. The van der Waals surface area contributed by atoms with Crippen LogP contribution in [0.25, 0.3) is 16.6 Å². The first-order valence-electron chi connectivity index (χ1n) is 8.10. The topological polar surface area (TPSA) is 62.2 Å². The van der Waals surface area contributed by atoms with Crippen molar-refractivity contribution in [1.82, 2.24) is 19.7 Å². The molecule has 5 rings (SSSR count). The Morgan fingerprint density at radius 1 is 1.12 bits per heavy atom. The number of aromatic amines is 1. The smallest absolute Gasteiger partial charge is 0.221 e. The Labute approximate surface area is 138 Å². The predicted octanol–water partition coefficient (Wildman–Crippen LogP) is 2.97. The van der Waals surface area contributed by atoms with Crippen molar-refractivity contribution in [2.75, 3.05) is 0 Å². The SMILES string of the molecule is O=C1C[C@H](c2cccc3[nH]ccc23)c2c(nc3ccccn23)CN1. The van der Waals surface area contributed by atoms with Crippen molar-refractivity contribution in [3.63, 3.8) is 0 Å². The van der Waals surface area contributed by atoms with Crippen molar-refractivity contribution in [2.24, 2.45) is 0 Å². The van der Waals surface area contributed by atoms with Gasteiger partial charge in [-0.05, 0) is 29.8 Å². The molecule has 0 bridgehead atoms. The molecule has 3 aromatic heterocycles. The fourth-order valence-electron chi connectivity index (χ4n) is 3.77. The molecule has 5 heteroatoms. The molecule has 118 valence electrons. The van der Waals surface area contributed by atoms with Gasteiger partial charge in [0, 0.05) is 35.6 Å². The lowest BCUT2D eigenvalue weighted by molar-refractivity contribution is -0.121. The van der Waals surface area contributed by atoms with E-state index in [1.54, 1.807) is 0 Å². The third kappa shape index (κ3) is 1.88. The molecular weight excluding hydrogens is 300 g/mol. The summed E-state index contributed by atoms with van der Waals surface area (Å²) in [6, 6.07) is 14.3. The number of amides is 1. The van der Waals surface area contributed by atoms with Gasteiger partial charge in [-0.2, -0.15) is 0 Å². The molecule has 1 aliphatic rings. The van der Waals surface area contributed by atoms with E-state index in [9.17, 15) is 4.79 Å². The van der Waals surface area contributed by atoms with E-state index in [0.29, 0.717) is 13.0 Å². The number of fused-ring (bicyclic) bond motifs is 4. The zero-order chi connectivity index (χ0) is 16.1. The van der Waals surface area contributed by atoms with Crippen LogP contribution in [0.15, 0.2) is 54.9 Å². The van der Waals surface area contributed by atoms with Crippen molar-refractivity contribution >= 4 is 22.5 Å². The van der Waals surface area contributed by atoms with E-state index in [1.165, 1.54) is 0 Å². The summed E-state index contributed by atoms with van der Waals surface area (Å²) in [5.41, 5.74) is 5.23. The number of hydrogen-bond acceptors (Lipinski definition) is 2. The second-order valence-corrected chi connectivity index (χ2v) is 6.19. The Morgan fingerprint density at radius 2 is 2.08 bits per heavy atom. The number of nitrogens with zero attached hydrogens (tertiary/aromatic N) is 2. The minimum absolute atomic E-state index is 0.0144. The molecule has 0 saturated carbocycles. The minimum atomic E-state index is -0.0144. The van der Waals surface area contributed by atoms with Crippen LogP contribution in [-0.2, 0) is 11.3 Å². The quantitative estimate of drug-likeness (QED) is 0.567. The molecule has 0 saturated heterocycles. The summed E-state index contributed by atoms with van der Waals surface area (Å²) in [6.45, 7) is 0.482. The molecule has 0 aliphatic carbocycles. The molecule has 0 unspecified atom stereocenters. The number of aromatic nitrogens is 3. The van der Waals surface area contributed by atoms with Crippen molar-refractivity contribution < 1.29 is 4.79 Å². The summed E-state index contributed by atoms with van der Waals surface area (Å²) in [5.74, 6) is 0.0506. The Balaban J connectivity index is 1.81. The average Bonchev–Trinajstić information content (AvgIpc) is 3.18. The summed E-state index contributed by atoms with van der Waals surface area (Å²) in [7, 11) is 0. The number of carbonyl (C=O) groups is 1. The lowest BCUT2D eigenvalue weighted by Gasteiger charge is -2.17. The van der Waals surface area contributed by atoms with Crippen LogP contribution in [0.2, 0.25) is 0 Å². The van der Waals surface area contributed by atoms with Crippen LogP contribution in [-0.4, -0.2) is 20.3 Å². The molecule has 5 nitrogen and oxygen atoms in total. The highest BCUT2D eigenvalue weighted by Crippen LogP contribution is 2.36. The molecule has 2 N–H and O–H groups in total. The van der Waals surface area contributed by atoms with Gasteiger partial charge in [0.25, 0.3) is 0 Å². The maximum absolute atomic E-state index is 12.3. The highest BCUT2D eigenvalue weighted by atomic mass is 16.1. The van der Waals surface area contributed by atoms with Crippen molar-refractivity contribution in [1.29, 1.82) is 0 Å². The molecule has 4 heterocycles. The predicted molar refractivity (Wildman–Crippen MR) is 91.8 cm³/mol. The lowest BCUT2D eigenvalue weighted by atomic mass is 9.89. The highest BCUT2D eigenvalue weighted by molar-refractivity contribution is 5.86. The monoisotopic (exact) mass is 316 g/mol. The van der Waals surface area contributed by atoms with E-state index in [0.717, 1.165) is 33.5 Å². The molecular formula is C19H16N4O. The van der Waals surface area contributed by atoms with Crippen LogP contribution in [0.5, 0.6) is 0 Å². The maximum atomic E-state index is 12.3. The first-order valence-corrected chi connectivity index (χ1v) is 8.10. The van der Waals surface area contributed by atoms with Crippen LogP contribution in [0.4, 0.5) is 0 Å². The van der Waals surface area contributed by atoms with Gasteiger partial charge < -0.3 is 14.7 Å². The Morgan fingerprint density at radius 3 is 3.04 bits per heavy atom. The normalized spacial score (nSPS) is 17.7. The molecule has 0 radical (unpaired) electrons. The van der Waals surface area contributed by atoms with Crippen molar-refractivity contribution in [3.8, 4) is 0 Å². The maximum Gasteiger partial charge on any atom is 0.221 e. The second kappa shape index (κ2) is 4.96. The molecule has 0 spiro atoms. The molecule has 1 amide bonds. The summed E-state index contributed by atoms with van der Waals surface area (Å²) < 4.78 is 2.12. The van der Waals surface area contributed by atoms with Gasteiger partial charge >= 0.3 is 0 Å². The van der Waals surface area contributed by atoms with Crippen LogP contribution in [0, 0.1) is 0 Å². The number of pyridine rings is 1. The number of imidazole rings is 1. The number of hydrogen-bond donors (Lipinski definition) is 2. The van der Waals surface area contributed by atoms with Gasteiger partial charge in [0.2, 0.25) is 5.91 Å². The van der Waals surface area contributed by atoms with E-state index < -0.39 is 0 Å². The Kier molecular flexibility index (Phi) is 2.76. The molecule has 0 fully saturated rings. The number of H-pyrrole nitrogens is 1. The Bertz CT molecular complexity index is 1080. The minimum Gasteiger partial charge on any atom is -0.361 e. The fraction of sp³-hybridized carbons (Fsp3) is 0.158. The summed E-state index contributed by atoms with van der Waals surface area (Å²) in [5, 5.41) is 4.14. The van der Waals surface area contributed by atoms with Gasteiger partial charge in [0.05, 0.1) is 17.9 Å².